The Kier molecular flexibility index (Phi) is 6.61. The van der Waals surface area contributed by atoms with Crippen LogP contribution in [0.25, 0.3) is 0 Å². The van der Waals surface area contributed by atoms with Crippen LogP contribution in [-0.2, 0) is 22.3 Å². The summed E-state index contributed by atoms with van der Waals surface area (Å²) < 4.78 is 61.1. The van der Waals surface area contributed by atoms with Gasteiger partial charge in [-0.3, -0.25) is 14.4 Å². The van der Waals surface area contributed by atoms with Gasteiger partial charge in [-0.1, -0.05) is 0 Å². The Morgan fingerprint density at radius 1 is 1.11 bits per heavy atom. The van der Waals surface area contributed by atoms with Gasteiger partial charge in [0.25, 0.3) is 5.91 Å². The van der Waals surface area contributed by atoms with E-state index in [1.54, 1.807) is 6.20 Å². The Bertz CT molecular complexity index is 1020. The number of halogens is 4. The van der Waals surface area contributed by atoms with Gasteiger partial charge in [0.2, 0.25) is 0 Å². The molecule has 2 aromatic rings. The predicted molar refractivity (Wildman–Crippen MR) is 120 cm³/mol. The molecule has 6 nitrogen and oxygen atoms in total. The number of carbonyl (C=O) groups is 1. The second-order valence-corrected chi connectivity index (χ2v) is 9.95. The van der Waals surface area contributed by atoms with Crippen LogP contribution in [0.5, 0.6) is 0 Å². The van der Waals surface area contributed by atoms with Crippen LogP contribution in [0.15, 0.2) is 36.7 Å². The van der Waals surface area contributed by atoms with E-state index >= 15 is 0 Å². The molecule has 10 heteroatoms. The molecule has 1 aliphatic carbocycles. The Morgan fingerprint density at radius 2 is 1.89 bits per heavy atom. The van der Waals surface area contributed by atoms with E-state index in [0.29, 0.717) is 25.1 Å². The summed E-state index contributed by atoms with van der Waals surface area (Å²) in [5.74, 6) is -1.17. The maximum absolute atomic E-state index is 13.7. The summed E-state index contributed by atoms with van der Waals surface area (Å²) in [6.45, 7) is 2.17. The zero-order valence-electron chi connectivity index (χ0n) is 19.4. The van der Waals surface area contributed by atoms with Crippen molar-refractivity contribution in [2.45, 2.75) is 68.9 Å². The molecule has 1 unspecified atom stereocenters. The molecule has 190 valence electrons. The summed E-state index contributed by atoms with van der Waals surface area (Å²) in [7, 11) is 0. The predicted octanol–water partition coefficient (Wildman–Crippen LogP) is 4.32. The number of benzene rings is 1. The van der Waals surface area contributed by atoms with Crippen molar-refractivity contribution < 1.29 is 27.1 Å². The molecule has 1 N–H and O–H groups in total. The molecule has 2 aliphatic heterocycles. The molecule has 1 aromatic carbocycles. The molecular weight excluding hydrogens is 464 g/mol. The van der Waals surface area contributed by atoms with E-state index in [2.05, 4.69) is 15.3 Å². The highest BCUT2D eigenvalue weighted by Crippen LogP contribution is 2.47. The maximum atomic E-state index is 13.7. The molecule has 1 aromatic heterocycles. The minimum Gasteiger partial charge on any atom is -0.363 e. The zero-order valence-corrected chi connectivity index (χ0v) is 19.4. The maximum Gasteiger partial charge on any atom is 0.416 e. The van der Waals surface area contributed by atoms with E-state index in [0.717, 1.165) is 57.3 Å². The summed E-state index contributed by atoms with van der Waals surface area (Å²) in [5.41, 5.74) is -1.94. The average Bonchev–Trinajstić information content (AvgIpc) is 3.56. The SMILES string of the molecule is O=C(NCc1cc(F)cc(C(F)(F)F)c1)[C@@]1(C2CC2)CCC(N2CCC(n3cccn3)CC2)CO1. The number of carbonyl (C=O) groups excluding carboxylic acids is 1. The fourth-order valence-corrected chi connectivity index (χ4v) is 5.57. The number of likely N-dealkylation sites (tertiary alicyclic amines) is 1. The van der Waals surface area contributed by atoms with Crippen LogP contribution in [0.2, 0.25) is 0 Å². The van der Waals surface area contributed by atoms with Crippen molar-refractivity contribution in [2.24, 2.45) is 5.92 Å². The molecule has 1 saturated carbocycles. The summed E-state index contributed by atoms with van der Waals surface area (Å²) in [6.07, 6.45) is 4.37. The first-order chi connectivity index (χ1) is 16.7. The van der Waals surface area contributed by atoms with Crippen molar-refractivity contribution in [3.05, 3.63) is 53.6 Å². The van der Waals surface area contributed by atoms with E-state index in [9.17, 15) is 22.4 Å². The van der Waals surface area contributed by atoms with Crippen LogP contribution in [0.3, 0.4) is 0 Å². The van der Waals surface area contributed by atoms with Crippen LogP contribution < -0.4 is 5.32 Å². The van der Waals surface area contributed by atoms with Crippen molar-refractivity contribution in [1.82, 2.24) is 20.0 Å². The minimum atomic E-state index is -4.65. The largest absolute Gasteiger partial charge is 0.416 e. The van der Waals surface area contributed by atoms with Gasteiger partial charge in [-0.15, -0.1) is 0 Å². The highest BCUT2D eigenvalue weighted by Gasteiger charge is 2.54. The molecule has 0 radical (unpaired) electrons. The average molecular weight is 495 g/mol. The number of nitrogens with zero attached hydrogens (tertiary/aromatic N) is 3. The van der Waals surface area contributed by atoms with E-state index in [4.69, 9.17) is 4.74 Å². The van der Waals surface area contributed by atoms with Gasteiger partial charge in [-0.2, -0.15) is 18.3 Å². The van der Waals surface area contributed by atoms with Gasteiger partial charge in [-0.05, 0) is 74.3 Å². The van der Waals surface area contributed by atoms with Crippen molar-refractivity contribution >= 4 is 5.91 Å². The molecule has 0 bridgehead atoms. The van der Waals surface area contributed by atoms with Crippen LogP contribution >= 0.6 is 0 Å². The molecule has 2 saturated heterocycles. The molecule has 3 heterocycles. The van der Waals surface area contributed by atoms with E-state index in [1.807, 2.05) is 16.9 Å². The first-order valence-corrected chi connectivity index (χ1v) is 12.3. The monoisotopic (exact) mass is 494 g/mol. The second kappa shape index (κ2) is 9.54. The molecule has 0 spiro atoms. The third-order valence-electron chi connectivity index (χ3n) is 7.66. The molecule has 2 atom stereocenters. The normalized spacial score (nSPS) is 26.6. The number of aromatic nitrogens is 2. The highest BCUT2D eigenvalue weighted by molar-refractivity contribution is 5.86. The summed E-state index contributed by atoms with van der Waals surface area (Å²) in [5, 5.41) is 7.09. The minimum absolute atomic E-state index is 0.0744. The number of amides is 1. The fraction of sp³-hybridized carbons (Fsp3) is 0.600. The van der Waals surface area contributed by atoms with Crippen molar-refractivity contribution in [1.29, 1.82) is 0 Å². The number of rotatable bonds is 6. The fourth-order valence-electron chi connectivity index (χ4n) is 5.57. The van der Waals surface area contributed by atoms with Gasteiger partial charge in [0.05, 0.1) is 18.2 Å². The smallest absolute Gasteiger partial charge is 0.363 e. The number of hydrogen-bond donors (Lipinski definition) is 1. The van der Waals surface area contributed by atoms with E-state index in [-0.39, 0.29) is 30.0 Å². The quantitative estimate of drug-likeness (QED) is 0.608. The van der Waals surface area contributed by atoms with Gasteiger partial charge in [0.15, 0.2) is 0 Å². The summed E-state index contributed by atoms with van der Waals surface area (Å²) >= 11 is 0. The first-order valence-electron chi connectivity index (χ1n) is 12.3. The molecule has 5 rings (SSSR count). The number of nitrogens with one attached hydrogen (secondary N) is 1. The molecule has 1 amide bonds. The van der Waals surface area contributed by atoms with Crippen LogP contribution in [0.4, 0.5) is 17.6 Å². The van der Waals surface area contributed by atoms with Gasteiger partial charge in [0, 0.05) is 38.1 Å². The van der Waals surface area contributed by atoms with Crippen molar-refractivity contribution in [2.75, 3.05) is 19.7 Å². The van der Waals surface area contributed by atoms with Crippen LogP contribution in [-0.4, -0.2) is 51.9 Å². The topological polar surface area (TPSA) is 59.4 Å². The number of piperidine rings is 1. The molecule has 35 heavy (non-hydrogen) atoms. The lowest BCUT2D eigenvalue weighted by Gasteiger charge is -2.44. The standard InChI is InChI=1S/C25H30F4N4O2/c26-20-13-17(12-19(14-20)25(27,28)29)15-30-23(34)24(18-2-3-18)7-4-22(16-35-24)32-10-5-21(6-11-32)33-9-1-8-31-33/h1,8-9,12-14,18,21-22H,2-7,10-11,15-16H2,(H,30,34)/t22?,24-/m0/s1. The van der Waals surface area contributed by atoms with Gasteiger partial charge in [0.1, 0.15) is 11.4 Å². The Morgan fingerprint density at radius 3 is 2.49 bits per heavy atom. The summed E-state index contributed by atoms with van der Waals surface area (Å²) in [6, 6.07) is 4.93. The molecule has 3 aliphatic rings. The lowest BCUT2D eigenvalue weighted by Crippen LogP contribution is -2.57. The third-order valence-corrected chi connectivity index (χ3v) is 7.66. The lowest BCUT2D eigenvalue weighted by molar-refractivity contribution is -0.165. The summed E-state index contributed by atoms with van der Waals surface area (Å²) in [4.78, 5) is 15.7. The zero-order chi connectivity index (χ0) is 24.6. The van der Waals surface area contributed by atoms with Crippen LogP contribution in [0.1, 0.15) is 55.7 Å². The van der Waals surface area contributed by atoms with Crippen LogP contribution in [0, 0.1) is 11.7 Å². The highest BCUT2D eigenvalue weighted by atomic mass is 19.4. The number of alkyl halides is 3. The molecular formula is C25H30F4N4O2. The van der Waals surface area contributed by atoms with E-state index < -0.39 is 23.2 Å². The first kappa shape index (κ1) is 24.2. The Labute approximate surface area is 201 Å². The van der Waals surface area contributed by atoms with E-state index in [1.165, 1.54) is 0 Å². The van der Waals surface area contributed by atoms with Crippen molar-refractivity contribution in [3.8, 4) is 0 Å². The van der Waals surface area contributed by atoms with Gasteiger partial charge >= 0.3 is 6.18 Å². The second-order valence-electron chi connectivity index (χ2n) is 9.95. The number of hydrogen-bond acceptors (Lipinski definition) is 4. The van der Waals surface area contributed by atoms with Crippen molar-refractivity contribution in [3.63, 3.8) is 0 Å². The Hall–Kier alpha value is -2.46. The molecule has 3 fully saturated rings. The van der Waals surface area contributed by atoms with Gasteiger partial charge < -0.3 is 10.1 Å². The van der Waals surface area contributed by atoms with Gasteiger partial charge in [-0.25, -0.2) is 4.39 Å². The Balaban J connectivity index is 1.18. The third kappa shape index (κ3) is 5.23. The lowest BCUT2D eigenvalue weighted by atomic mass is 9.85. The number of ether oxygens (including phenoxy) is 1.